The van der Waals surface area contributed by atoms with E-state index in [1.165, 1.54) is 0 Å². The van der Waals surface area contributed by atoms with Gasteiger partial charge in [-0.15, -0.1) is 0 Å². The summed E-state index contributed by atoms with van der Waals surface area (Å²) in [7, 11) is 0.874. The lowest BCUT2D eigenvalue weighted by atomic mass is 10.1. The van der Waals surface area contributed by atoms with Crippen LogP contribution in [0.4, 0.5) is 22.0 Å². The van der Waals surface area contributed by atoms with Gasteiger partial charge in [0.15, 0.2) is 5.69 Å². The monoisotopic (exact) mass is 333 g/mol. The first-order chi connectivity index (χ1) is 8.18. The third-order valence-corrected chi connectivity index (χ3v) is 2.33. The maximum atomic E-state index is 12.7. The van der Waals surface area contributed by atoms with E-state index in [9.17, 15) is 26.7 Å². The summed E-state index contributed by atoms with van der Waals surface area (Å²) in [5.74, 6) is -1.29. The van der Waals surface area contributed by atoms with Crippen molar-refractivity contribution >= 4 is 21.9 Å². The molecule has 0 saturated heterocycles. The summed E-state index contributed by atoms with van der Waals surface area (Å²) in [5.41, 5.74) is -4.17. The molecule has 9 heteroatoms. The summed E-state index contributed by atoms with van der Waals surface area (Å²) < 4.78 is 66.8. The zero-order valence-corrected chi connectivity index (χ0v) is 10.3. The minimum atomic E-state index is -5.10. The second-order valence-electron chi connectivity index (χ2n) is 3.04. The molecule has 0 unspecified atom stereocenters. The smallest absolute Gasteiger partial charge is 0.433 e. The Bertz CT molecular complexity index is 475. The molecule has 0 saturated carbocycles. The van der Waals surface area contributed by atoms with E-state index in [0.717, 1.165) is 13.2 Å². The van der Waals surface area contributed by atoms with E-state index in [1.54, 1.807) is 0 Å². The van der Waals surface area contributed by atoms with E-state index < -0.39 is 35.4 Å². The first kappa shape index (κ1) is 14.8. The summed E-state index contributed by atoms with van der Waals surface area (Å²) in [6.45, 7) is 0. The Hall–Kier alpha value is -1.25. The van der Waals surface area contributed by atoms with Crippen molar-refractivity contribution in [2.75, 3.05) is 7.11 Å². The molecular weight excluding hydrogens is 329 g/mol. The molecule has 0 radical (unpaired) electrons. The Kier molecular flexibility index (Phi) is 4.25. The zero-order chi connectivity index (χ0) is 14.1. The summed E-state index contributed by atoms with van der Waals surface area (Å²) in [4.78, 5) is 14.1. The number of aromatic nitrogens is 1. The van der Waals surface area contributed by atoms with E-state index in [2.05, 4.69) is 25.7 Å². The average Bonchev–Trinajstić information content (AvgIpc) is 2.25. The van der Waals surface area contributed by atoms with Crippen molar-refractivity contribution < 1.29 is 31.5 Å². The molecule has 100 valence electrons. The SMILES string of the molecule is COC(=O)c1cc(Br)nc(C(F)(F)F)c1C(F)F. The molecule has 0 bridgehead atoms. The van der Waals surface area contributed by atoms with Crippen molar-refractivity contribution in [2.45, 2.75) is 12.6 Å². The van der Waals surface area contributed by atoms with Crippen molar-refractivity contribution in [1.82, 2.24) is 4.98 Å². The maximum Gasteiger partial charge on any atom is 0.433 e. The second-order valence-corrected chi connectivity index (χ2v) is 3.86. The van der Waals surface area contributed by atoms with Gasteiger partial charge in [0.05, 0.1) is 18.2 Å². The highest BCUT2D eigenvalue weighted by molar-refractivity contribution is 9.10. The summed E-state index contributed by atoms with van der Waals surface area (Å²) >= 11 is 2.62. The van der Waals surface area contributed by atoms with Gasteiger partial charge in [0, 0.05) is 0 Å². The first-order valence-electron chi connectivity index (χ1n) is 4.32. The number of carbonyl (C=O) groups excluding carboxylic acids is 1. The van der Waals surface area contributed by atoms with E-state index in [4.69, 9.17) is 0 Å². The van der Waals surface area contributed by atoms with Crippen LogP contribution in [-0.4, -0.2) is 18.1 Å². The van der Waals surface area contributed by atoms with Crippen molar-refractivity contribution in [2.24, 2.45) is 0 Å². The number of carbonyl (C=O) groups is 1. The number of pyridine rings is 1. The maximum absolute atomic E-state index is 12.7. The van der Waals surface area contributed by atoms with Crippen LogP contribution in [0.5, 0.6) is 0 Å². The van der Waals surface area contributed by atoms with E-state index in [-0.39, 0.29) is 4.60 Å². The summed E-state index contributed by atoms with van der Waals surface area (Å²) in [6, 6.07) is 0.753. The van der Waals surface area contributed by atoms with Crippen LogP contribution in [-0.2, 0) is 10.9 Å². The normalized spacial score (nSPS) is 11.8. The Balaban J connectivity index is 3.62. The number of ether oxygens (including phenoxy) is 1. The van der Waals surface area contributed by atoms with E-state index >= 15 is 0 Å². The van der Waals surface area contributed by atoms with Crippen LogP contribution in [0.15, 0.2) is 10.7 Å². The minimum absolute atomic E-state index is 0.389. The standard InChI is InChI=1S/C9H5BrF5NO2/c1-18-8(17)3-2-4(10)16-6(9(13,14)15)5(3)7(11)12/h2,7H,1H3. The van der Waals surface area contributed by atoms with Gasteiger partial charge in [0.25, 0.3) is 6.43 Å². The topological polar surface area (TPSA) is 39.2 Å². The van der Waals surface area contributed by atoms with Gasteiger partial charge in [-0.05, 0) is 22.0 Å². The molecule has 1 aromatic heterocycles. The van der Waals surface area contributed by atoms with Gasteiger partial charge >= 0.3 is 12.1 Å². The van der Waals surface area contributed by atoms with E-state index in [1.807, 2.05) is 0 Å². The Morgan fingerprint density at radius 3 is 2.39 bits per heavy atom. The predicted octanol–water partition coefficient (Wildman–Crippen LogP) is 3.59. The quantitative estimate of drug-likeness (QED) is 0.471. The molecule has 0 aliphatic rings. The predicted molar refractivity (Wildman–Crippen MR) is 53.2 cm³/mol. The third-order valence-electron chi connectivity index (χ3n) is 1.92. The molecule has 0 aliphatic heterocycles. The summed E-state index contributed by atoms with van der Waals surface area (Å²) in [6.07, 6.45) is -8.60. The molecule has 3 nitrogen and oxygen atoms in total. The van der Waals surface area contributed by atoms with Crippen molar-refractivity contribution in [3.8, 4) is 0 Å². The molecule has 0 N–H and O–H groups in total. The lowest BCUT2D eigenvalue weighted by molar-refractivity contribution is -0.143. The fourth-order valence-corrected chi connectivity index (χ4v) is 1.65. The highest BCUT2D eigenvalue weighted by Crippen LogP contribution is 2.38. The minimum Gasteiger partial charge on any atom is -0.465 e. The lowest BCUT2D eigenvalue weighted by Gasteiger charge is -2.14. The highest BCUT2D eigenvalue weighted by Gasteiger charge is 2.40. The molecule has 1 aromatic rings. The highest BCUT2D eigenvalue weighted by atomic mass is 79.9. The molecular formula is C9H5BrF5NO2. The van der Waals surface area contributed by atoms with Crippen LogP contribution in [0.1, 0.15) is 28.0 Å². The number of esters is 1. The number of hydrogen-bond donors (Lipinski definition) is 0. The molecule has 1 heterocycles. The van der Waals surface area contributed by atoms with Crippen molar-refractivity contribution in [1.29, 1.82) is 0 Å². The van der Waals surface area contributed by atoms with Gasteiger partial charge in [-0.1, -0.05) is 0 Å². The van der Waals surface area contributed by atoms with Crippen molar-refractivity contribution in [3.05, 3.63) is 27.5 Å². The molecule has 1 rings (SSSR count). The van der Waals surface area contributed by atoms with Crippen LogP contribution < -0.4 is 0 Å². The molecule has 18 heavy (non-hydrogen) atoms. The number of rotatable bonds is 2. The number of alkyl halides is 5. The van der Waals surface area contributed by atoms with Crippen LogP contribution in [0, 0.1) is 0 Å². The molecule has 0 atom stereocenters. The average molecular weight is 334 g/mol. The van der Waals surface area contributed by atoms with Gasteiger partial charge in [0.1, 0.15) is 4.60 Å². The Morgan fingerprint density at radius 2 is 2.00 bits per heavy atom. The van der Waals surface area contributed by atoms with Crippen LogP contribution in [0.2, 0.25) is 0 Å². The van der Waals surface area contributed by atoms with Crippen molar-refractivity contribution in [3.63, 3.8) is 0 Å². The zero-order valence-electron chi connectivity index (χ0n) is 8.69. The number of methoxy groups -OCH3 is 1. The van der Waals surface area contributed by atoms with Gasteiger partial charge < -0.3 is 4.74 Å². The van der Waals surface area contributed by atoms with Gasteiger partial charge in [-0.3, -0.25) is 0 Å². The van der Waals surface area contributed by atoms with Gasteiger partial charge in [-0.2, -0.15) is 13.2 Å². The Labute approximate surface area is 106 Å². The van der Waals surface area contributed by atoms with E-state index in [0.29, 0.717) is 0 Å². The molecule has 0 fully saturated rings. The molecule has 0 spiro atoms. The third kappa shape index (κ3) is 2.95. The Morgan fingerprint density at radius 1 is 1.44 bits per heavy atom. The van der Waals surface area contributed by atoms with Crippen LogP contribution >= 0.6 is 15.9 Å². The fourth-order valence-electron chi connectivity index (χ4n) is 1.24. The lowest BCUT2D eigenvalue weighted by Crippen LogP contribution is -2.17. The number of nitrogens with zero attached hydrogens (tertiary/aromatic N) is 1. The fraction of sp³-hybridized carbons (Fsp3) is 0.333. The largest absolute Gasteiger partial charge is 0.465 e. The molecule has 0 aliphatic carbocycles. The number of hydrogen-bond acceptors (Lipinski definition) is 3. The second kappa shape index (κ2) is 5.17. The van der Waals surface area contributed by atoms with Gasteiger partial charge in [-0.25, -0.2) is 18.6 Å². The summed E-state index contributed by atoms with van der Waals surface area (Å²) in [5, 5.41) is 0. The van der Waals surface area contributed by atoms with Gasteiger partial charge in [0.2, 0.25) is 0 Å². The first-order valence-corrected chi connectivity index (χ1v) is 5.12. The van der Waals surface area contributed by atoms with Crippen LogP contribution in [0.3, 0.4) is 0 Å². The molecule has 0 aromatic carbocycles. The number of halogens is 6. The van der Waals surface area contributed by atoms with Crippen LogP contribution in [0.25, 0.3) is 0 Å². The molecule has 0 amide bonds.